The van der Waals surface area contributed by atoms with Gasteiger partial charge in [0.2, 0.25) is 0 Å². The van der Waals surface area contributed by atoms with Gasteiger partial charge < -0.3 is 14.2 Å². The lowest BCUT2D eigenvalue weighted by atomic mass is 10.0. The van der Waals surface area contributed by atoms with Crippen LogP contribution in [0.25, 0.3) is 0 Å². The molecule has 0 aliphatic heterocycles. The maximum atomic E-state index is 12.9. The van der Waals surface area contributed by atoms with Gasteiger partial charge in [0.15, 0.2) is 6.10 Å². The molecule has 0 heterocycles. The van der Waals surface area contributed by atoms with E-state index >= 15 is 0 Å². The van der Waals surface area contributed by atoms with Crippen molar-refractivity contribution in [3.8, 4) is 0 Å². The Bertz CT molecular complexity index is 1290. The molecule has 0 aliphatic carbocycles. The third-order valence-corrected chi connectivity index (χ3v) is 15.7. The Morgan fingerprint density at radius 2 is 0.506 bits per heavy atom. The summed E-state index contributed by atoms with van der Waals surface area (Å²) in [5.74, 6) is -0.850. The van der Waals surface area contributed by atoms with Gasteiger partial charge in [-0.2, -0.15) is 0 Å². The first-order valence-corrected chi connectivity index (χ1v) is 34.5. The van der Waals surface area contributed by atoms with E-state index in [-0.39, 0.29) is 31.1 Å². The van der Waals surface area contributed by atoms with Gasteiger partial charge in [-0.1, -0.05) is 346 Å². The Kier molecular flexibility index (Phi) is 64.1. The van der Waals surface area contributed by atoms with Crippen LogP contribution in [0.3, 0.4) is 0 Å². The Morgan fingerprint density at radius 3 is 0.792 bits per heavy atom. The van der Waals surface area contributed by atoms with Crippen LogP contribution in [-0.2, 0) is 28.6 Å². The summed E-state index contributed by atoms with van der Waals surface area (Å²) >= 11 is 0. The summed E-state index contributed by atoms with van der Waals surface area (Å²) in [7, 11) is 0. The monoisotopic (exact) mass is 1080 g/mol. The first-order chi connectivity index (χ1) is 38.0. The number of carbonyl (C=O) groups excluding carboxylic acids is 3. The van der Waals surface area contributed by atoms with Crippen molar-refractivity contribution in [3.05, 3.63) is 36.5 Å². The highest BCUT2D eigenvalue weighted by atomic mass is 16.6. The third kappa shape index (κ3) is 64.3. The molecule has 6 heteroatoms. The molecule has 1 atom stereocenters. The van der Waals surface area contributed by atoms with E-state index in [1.165, 1.54) is 257 Å². The van der Waals surface area contributed by atoms with E-state index in [1.807, 2.05) is 0 Å². The predicted octanol–water partition coefficient (Wildman–Crippen LogP) is 23.6. The van der Waals surface area contributed by atoms with Crippen molar-refractivity contribution < 1.29 is 28.6 Å². The van der Waals surface area contributed by atoms with Gasteiger partial charge in [0.25, 0.3) is 0 Å². The molecule has 0 N–H and O–H groups in total. The van der Waals surface area contributed by atoms with Crippen molar-refractivity contribution in [2.75, 3.05) is 13.2 Å². The summed E-state index contributed by atoms with van der Waals surface area (Å²) in [6.45, 7) is 6.60. The molecule has 0 aromatic heterocycles. The lowest BCUT2D eigenvalue weighted by Crippen LogP contribution is -2.30. The largest absolute Gasteiger partial charge is 0.462 e. The molecule has 0 amide bonds. The lowest BCUT2D eigenvalue weighted by molar-refractivity contribution is -0.167. The molecule has 452 valence electrons. The maximum absolute atomic E-state index is 12.9. The average Bonchev–Trinajstić information content (AvgIpc) is 3.43. The smallest absolute Gasteiger partial charge is 0.306 e. The highest BCUT2D eigenvalue weighted by molar-refractivity contribution is 5.71. The Balaban J connectivity index is 4.26. The number of allylic oxidation sites excluding steroid dienone is 6. The minimum absolute atomic E-state index is 0.0705. The fraction of sp³-hybridized carbons (Fsp3) is 0.873. The minimum Gasteiger partial charge on any atom is -0.462 e. The zero-order chi connectivity index (χ0) is 55.7. The molecule has 6 nitrogen and oxygen atoms in total. The zero-order valence-corrected chi connectivity index (χ0v) is 52.0. The molecule has 0 saturated heterocycles. The molecule has 0 aliphatic rings. The molecular formula is C71H132O6. The molecule has 0 bridgehead atoms. The van der Waals surface area contributed by atoms with Gasteiger partial charge in [-0.15, -0.1) is 0 Å². The van der Waals surface area contributed by atoms with Crippen LogP contribution in [0.2, 0.25) is 0 Å². The first kappa shape index (κ1) is 74.6. The van der Waals surface area contributed by atoms with Gasteiger partial charge in [0.05, 0.1) is 0 Å². The topological polar surface area (TPSA) is 78.9 Å². The van der Waals surface area contributed by atoms with Crippen molar-refractivity contribution in [1.82, 2.24) is 0 Å². The quantitative estimate of drug-likeness (QED) is 0.0261. The summed E-state index contributed by atoms with van der Waals surface area (Å²) in [6, 6.07) is 0. The van der Waals surface area contributed by atoms with Crippen LogP contribution in [-0.4, -0.2) is 37.2 Å². The van der Waals surface area contributed by atoms with Crippen LogP contribution in [0.5, 0.6) is 0 Å². The number of esters is 3. The number of carbonyl (C=O) groups is 3. The van der Waals surface area contributed by atoms with E-state index < -0.39 is 6.10 Å². The van der Waals surface area contributed by atoms with Crippen molar-refractivity contribution in [2.24, 2.45) is 0 Å². The number of hydrogen-bond acceptors (Lipinski definition) is 6. The third-order valence-electron chi connectivity index (χ3n) is 15.7. The van der Waals surface area contributed by atoms with Crippen LogP contribution >= 0.6 is 0 Å². The SMILES string of the molecule is CC/C=C\C/C=C\C/C=C\CCCCCCCCCC(=O)OC(COC(=O)CCCCCCCCCCCCCCCCCCC)COC(=O)CCCCCCCCCCCCCCCCCCCCCCCCCCC. The van der Waals surface area contributed by atoms with Gasteiger partial charge in [0, 0.05) is 19.3 Å². The minimum atomic E-state index is -0.775. The molecular weight excluding hydrogens is 949 g/mol. The molecule has 0 fully saturated rings. The lowest BCUT2D eigenvalue weighted by Gasteiger charge is -2.18. The number of ether oxygens (including phenoxy) is 3. The molecule has 0 spiro atoms. The van der Waals surface area contributed by atoms with Gasteiger partial charge >= 0.3 is 17.9 Å². The fourth-order valence-electron chi connectivity index (χ4n) is 10.5. The highest BCUT2D eigenvalue weighted by Crippen LogP contribution is 2.19. The standard InChI is InChI=1S/C71H132O6/c1-4-7-10-13-16-19-22-25-28-31-32-33-34-35-36-37-38-41-43-46-49-52-55-58-61-64-70(73)76-67-68(77-71(74)65-62-59-56-53-50-47-44-40-30-27-24-21-18-15-12-9-6-3)66-75-69(72)63-60-57-54-51-48-45-42-39-29-26-23-20-17-14-11-8-5-2/h9,12,18,21,27,30,68H,4-8,10-11,13-17,19-20,22-26,28-29,31-67H2,1-3H3/b12-9-,21-18-,30-27-. The summed E-state index contributed by atoms with van der Waals surface area (Å²) in [5, 5.41) is 0. The highest BCUT2D eigenvalue weighted by Gasteiger charge is 2.19. The van der Waals surface area contributed by atoms with E-state index in [9.17, 15) is 14.4 Å². The maximum Gasteiger partial charge on any atom is 0.306 e. The summed E-state index contributed by atoms with van der Waals surface area (Å²) in [5.41, 5.74) is 0. The summed E-state index contributed by atoms with van der Waals surface area (Å²) < 4.78 is 17.0. The second kappa shape index (κ2) is 66.1. The second-order valence-corrected chi connectivity index (χ2v) is 23.4. The van der Waals surface area contributed by atoms with Crippen molar-refractivity contribution in [1.29, 1.82) is 0 Å². The molecule has 0 rings (SSSR count). The molecule has 0 radical (unpaired) electrons. The van der Waals surface area contributed by atoms with E-state index in [0.717, 1.165) is 83.5 Å². The fourth-order valence-corrected chi connectivity index (χ4v) is 10.5. The number of hydrogen-bond donors (Lipinski definition) is 0. The molecule has 0 aromatic carbocycles. The Hall–Kier alpha value is -2.37. The van der Waals surface area contributed by atoms with Gasteiger partial charge in [-0.25, -0.2) is 0 Å². The number of unbranched alkanes of at least 4 members (excludes halogenated alkanes) is 47. The van der Waals surface area contributed by atoms with Crippen molar-refractivity contribution in [3.63, 3.8) is 0 Å². The molecule has 0 saturated carbocycles. The van der Waals surface area contributed by atoms with Crippen LogP contribution in [0, 0.1) is 0 Å². The van der Waals surface area contributed by atoms with Crippen molar-refractivity contribution >= 4 is 17.9 Å². The average molecular weight is 1080 g/mol. The predicted molar refractivity (Wildman–Crippen MR) is 335 cm³/mol. The van der Waals surface area contributed by atoms with E-state index in [4.69, 9.17) is 14.2 Å². The molecule has 77 heavy (non-hydrogen) atoms. The van der Waals surface area contributed by atoms with E-state index in [0.29, 0.717) is 19.3 Å². The normalized spacial score (nSPS) is 12.2. The second-order valence-electron chi connectivity index (χ2n) is 23.4. The van der Waals surface area contributed by atoms with Gasteiger partial charge in [-0.3, -0.25) is 14.4 Å². The number of rotatable bonds is 64. The van der Waals surface area contributed by atoms with Crippen LogP contribution in [0.4, 0.5) is 0 Å². The summed E-state index contributed by atoms with van der Waals surface area (Å²) in [4.78, 5) is 38.4. The van der Waals surface area contributed by atoms with Gasteiger partial charge in [0.1, 0.15) is 13.2 Å². The van der Waals surface area contributed by atoms with Crippen LogP contribution in [0.15, 0.2) is 36.5 Å². The van der Waals surface area contributed by atoms with E-state index in [1.54, 1.807) is 0 Å². The molecule has 0 aromatic rings. The first-order valence-electron chi connectivity index (χ1n) is 34.5. The van der Waals surface area contributed by atoms with Crippen molar-refractivity contribution in [2.45, 2.75) is 386 Å². The van der Waals surface area contributed by atoms with Gasteiger partial charge in [-0.05, 0) is 51.4 Å². The van der Waals surface area contributed by atoms with Crippen LogP contribution in [0.1, 0.15) is 380 Å². The zero-order valence-electron chi connectivity index (χ0n) is 52.0. The van der Waals surface area contributed by atoms with Crippen LogP contribution < -0.4 is 0 Å². The Morgan fingerprint density at radius 1 is 0.273 bits per heavy atom. The Labute approximate surface area is 480 Å². The molecule has 1 unspecified atom stereocenters. The van der Waals surface area contributed by atoms with E-state index in [2.05, 4.69) is 57.2 Å². The summed E-state index contributed by atoms with van der Waals surface area (Å²) in [6.07, 6.45) is 81.7.